The predicted molar refractivity (Wildman–Crippen MR) is 86.4 cm³/mol. The number of hydrogen-bond donors (Lipinski definition) is 3. The number of non-ortho nitro benzene ring substituents is 1. The number of nitrogens with zero attached hydrogens (tertiary/aromatic N) is 3. The lowest BCUT2D eigenvalue weighted by molar-refractivity contribution is -0.393. The van der Waals surface area contributed by atoms with E-state index in [0.29, 0.717) is 18.6 Å². The van der Waals surface area contributed by atoms with Crippen LogP contribution in [0, 0.1) is 26.1 Å². The molecule has 0 heterocycles. The van der Waals surface area contributed by atoms with Crippen molar-refractivity contribution in [3.05, 3.63) is 38.4 Å². The van der Waals surface area contributed by atoms with E-state index in [9.17, 15) is 30.1 Å². The minimum absolute atomic E-state index is 0.0386. The largest absolute Gasteiger partial charge is 0.481 e. The van der Waals surface area contributed by atoms with Gasteiger partial charge >= 0.3 is 11.7 Å². The normalized spacial score (nSPS) is 21.7. The molecule has 0 amide bonds. The molecule has 1 aliphatic carbocycles. The second-order valence-electron chi connectivity index (χ2n) is 5.65. The van der Waals surface area contributed by atoms with Gasteiger partial charge in [0.15, 0.2) is 0 Å². The Labute approximate surface area is 141 Å². The average Bonchev–Trinajstić information content (AvgIpc) is 2.53. The first-order valence-electron chi connectivity index (χ1n) is 7.43. The monoisotopic (exact) mass is 352 g/mol. The lowest BCUT2D eigenvalue weighted by atomic mass is 9.83. The van der Waals surface area contributed by atoms with Crippen LogP contribution in [-0.4, -0.2) is 37.8 Å². The van der Waals surface area contributed by atoms with E-state index in [0.717, 1.165) is 12.1 Å². The first-order valence-corrected chi connectivity index (χ1v) is 7.43. The number of hydrazone groups is 1. The summed E-state index contributed by atoms with van der Waals surface area (Å²) in [6, 6.07) is 3.10. The second-order valence-corrected chi connectivity index (χ2v) is 5.65. The van der Waals surface area contributed by atoms with Gasteiger partial charge in [-0.05, 0) is 25.3 Å². The van der Waals surface area contributed by atoms with Crippen molar-refractivity contribution in [3.63, 3.8) is 0 Å². The van der Waals surface area contributed by atoms with Crippen LogP contribution in [0.1, 0.15) is 25.7 Å². The number of anilines is 1. The zero-order chi connectivity index (χ0) is 18.6. The number of carboxylic acid groups (broad SMARTS) is 1. The van der Waals surface area contributed by atoms with Gasteiger partial charge in [0.2, 0.25) is 0 Å². The molecule has 0 unspecified atom stereocenters. The highest BCUT2D eigenvalue weighted by molar-refractivity contribution is 5.91. The van der Waals surface area contributed by atoms with E-state index < -0.39 is 39.2 Å². The standard InChI is InChI=1S/C14H16N4O7/c19-10-2-4-11(8(5-10)6-14(20)21)15-16-12-3-1-9(17(22)23)7-13(12)18(24)25/h1,3,7-8,10,16,19H,2,4-6H2,(H,20,21)/b15-11+/t8-,10-/m1/s1. The molecule has 11 heteroatoms. The number of rotatable bonds is 6. The van der Waals surface area contributed by atoms with Crippen molar-refractivity contribution in [2.24, 2.45) is 11.0 Å². The van der Waals surface area contributed by atoms with E-state index in [1.807, 2.05) is 0 Å². The van der Waals surface area contributed by atoms with E-state index in [4.69, 9.17) is 5.11 Å². The van der Waals surface area contributed by atoms with E-state index in [1.54, 1.807) is 0 Å². The summed E-state index contributed by atoms with van der Waals surface area (Å²) in [5.41, 5.74) is 2.01. The number of nitrogens with one attached hydrogen (secondary N) is 1. The van der Waals surface area contributed by atoms with E-state index in [1.165, 1.54) is 6.07 Å². The van der Waals surface area contributed by atoms with Crippen molar-refractivity contribution >= 4 is 28.7 Å². The Morgan fingerprint density at radius 1 is 1.32 bits per heavy atom. The van der Waals surface area contributed by atoms with Crippen molar-refractivity contribution in [1.82, 2.24) is 0 Å². The van der Waals surface area contributed by atoms with Gasteiger partial charge < -0.3 is 10.2 Å². The number of benzene rings is 1. The van der Waals surface area contributed by atoms with Gasteiger partial charge in [-0.1, -0.05) is 0 Å². The minimum Gasteiger partial charge on any atom is -0.481 e. The molecule has 2 rings (SSSR count). The van der Waals surface area contributed by atoms with Crippen molar-refractivity contribution in [3.8, 4) is 0 Å². The average molecular weight is 352 g/mol. The molecule has 0 bridgehead atoms. The van der Waals surface area contributed by atoms with Crippen molar-refractivity contribution in [1.29, 1.82) is 0 Å². The predicted octanol–water partition coefficient (Wildman–Crippen LogP) is 1.91. The Morgan fingerprint density at radius 2 is 2.04 bits per heavy atom. The molecule has 3 N–H and O–H groups in total. The fourth-order valence-corrected chi connectivity index (χ4v) is 2.67. The molecule has 0 aliphatic heterocycles. The summed E-state index contributed by atoms with van der Waals surface area (Å²) in [7, 11) is 0. The number of aliphatic carboxylic acids is 1. The maximum atomic E-state index is 11.1. The first kappa shape index (κ1) is 18.3. The Hall–Kier alpha value is -3.08. The number of aliphatic hydroxyl groups is 1. The molecule has 0 spiro atoms. The van der Waals surface area contributed by atoms with Gasteiger partial charge in [-0.2, -0.15) is 5.10 Å². The van der Waals surface area contributed by atoms with Gasteiger partial charge in [0.1, 0.15) is 5.69 Å². The molecular formula is C14H16N4O7. The molecular weight excluding hydrogens is 336 g/mol. The lowest BCUT2D eigenvalue weighted by Gasteiger charge is -2.26. The van der Waals surface area contributed by atoms with Gasteiger partial charge in [-0.25, -0.2) is 0 Å². The summed E-state index contributed by atoms with van der Waals surface area (Å²) >= 11 is 0. The topological polar surface area (TPSA) is 168 Å². The Bertz CT molecular complexity index is 734. The van der Waals surface area contributed by atoms with Gasteiger partial charge in [-0.3, -0.25) is 30.4 Å². The van der Waals surface area contributed by atoms with Crippen molar-refractivity contribution < 1.29 is 24.9 Å². The van der Waals surface area contributed by atoms with Crippen LogP contribution in [0.2, 0.25) is 0 Å². The number of nitro groups is 2. The molecule has 1 saturated carbocycles. The highest BCUT2D eigenvalue weighted by Crippen LogP contribution is 2.30. The van der Waals surface area contributed by atoms with Crippen LogP contribution in [0.5, 0.6) is 0 Å². The van der Waals surface area contributed by atoms with Crippen LogP contribution in [0.15, 0.2) is 23.3 Å². The molecule has 0 aromatic heterocycles. The molecule has 1 aliphatic rings. The number of nitro benzene ring substituents is 2. The van der Waals surface area contributed by atoms with Crippen LogP contribution in [0.4, 0.5) is 17.1 Å². The molecule has 11 nitrogen and oxygen atoms in total. The summed E-state index contributed by atoms with van der Waals surface area (Å²) in [6.07, 6.45) is 0.193. The van der Waals surface area contributed by atoms with Gasteiger partial charge in [-0.15, -0.1) is 0 Å². The molecule has 1 fully saturated rings. The number of carbonyl (C=O) groups is 1. The summed E-state index contributed by atoms with van der Waals surface area (Å²) in [4.78, 5) is 31.2. The zero-order valence-electron chi connectivity index (χ0n) is 13.0. The third-order valence-corrected chi connectivity index (χ3v) is 3.89. The third-order valence-electron chi connectivity index (χ3n) is 3.89. The smallest absolute Gasteiger partial charge is 0.304 e. The maximum absolute atomic E-state index is 11.1. The van der Waals surface area contributed by atoms with Gasteiger partial charge in [0.25, 0.3) is 5.69 Å². The zero-order valence-corrected chi connectivity index (χ0v) is 13.0. The molecule has 2 atom stereocenters. The van der Waals surface area contributed by atoms with E-state index >= 15 is 0 Å². The number of aliphatic hydroxyl groups excluding tert-OH is 1. The minimum atomic E-state index is -1.03. The van der Waals surface area contributed by atoms with Crippen LogP contribution in [0.25, 0.3) is 0 Å². The highest BCUT2D eigenvalue weighted by atomic mass is 16.6. The molecule has 25 heavy (non-hydrogen) atoms. The molecule has 0 radical (unpaired) electrons. The summed E-state index contributed by atoms with van der Waals surface area (Å²) < 4.78 is 0. The van der Waals surface area contributed by atoms with Crippen LogP contribution >= 0.6 is 0 Å². The Balaban J connectivity index is 2.25. The van der Waals surface area contributed by atoms with Gasteiger partial charge in [0.05, 0.1) is 28.4 Å². The highest BCUT2D eigenvalue weighted by Gasteiger charge is 2.28. The van der Waals surface area contributed by atoms with Crippen molar-refractivity contribution in [2.45, 2.75) is 31.8 Å². The molecule has 1 aromatic carbocycles. The van der Waals surface area contributed by atoms with E-state index in [-0.39, 0.29) is 18.5 Å². The van der Waals surface area contributed by atoms with E-state index in [2.05, 4.69) is 10.5 Å². The SMILES string of the molecule is O=C(O)C[C@H]1C[C@H](O)CC/C1=N\Nc1ccc([N+](=O)[O-])cc1[N+](=O)[O-]. The summed E-state index contributed by atoms with van der Waals surface area (Å²) in [5.74, 6) is -1.51. The summed E-state index contributed by atoms with van der Waals surface area (Å²) in [6.45, 7) is 0. The van der Waals surface area contributed by atoms with Crippen LogP contribution < -0.4 is 5.43 Å². The third kappa shape index (κ3) is 4.70. The molecule has 0 saturated heterocycles. The van der Waals surface area contributed by atoms with Crippen LogP contribution in [-0.2, 0) is 4.79 Å². The lowest BCUT2D eigenvalue weighted by Crippen LogP contribution is -2.30. The number of hydrogen-bond acceptors (Lipinski definition) is 8. The fourth-order valence-electron chi connectivity index (χ4n) is 2.67. The molecule has 134 valence electrons. The quantitative estimate of drug-likeness (QED) is 0.515. The van der Waals surface area contributed by atoms with Gasteiger partial charge in [0, 0.05) is 17.7 Å². The fraction of sp³-hybridized carbons (Fsp3) is 0.429. The second kappa shape index (κ2) is 7.66. The number of carboxylic acids is 1. The first-order chi connectivity index (χ1) is 11.8. The van der Waals surface area contributed by atoms with Crippen molar-refractivity contribution in [2.75, 3.05) is 5.43 Å². The Morgan fingerprint density at radius 3 is 2.64 bits per heavy atom. The molecule has 1 aromatic rings. The van der Waals surface area contributed by atoms with Crippen LogP contribution in [0.3, 0.4) is 0 Å². The summed E-state index contributed by atoms with van der Waals surface area (Å²) in [5, 5.41) is 44.5. The Kier molecular flexibility index (Phi) is 5.60. The maximum Gasteiger partial charge on any atom is 0.304 e.